The first-order chi connectivity index (χ1) is 9.81. The van der Waals surface area contributed by atoms with E-state index in [0.717, 1.165) is 19.6 Å². The molecule has 7 nitrogen and oxygen atoms in total. The molecule has 20 heavy (non-hydrogen) atoms. The lowest BCUT2D eigenvalue weighted by Crippen LogP contribution is -2.38. The number of nitrogens with zero attached hydrogens (tertiary/aromatic N) is 3. The molecule has 0 radical (unpaired) electrons. The van der Waals surface area contributed by atoms with Crippen molar-refractivity contribution in [2.24, 2.45) is 0 Å². The summed E-state index contributed by atoms with van der Waals surface area (Å²) in [6.07, 6.45) is -0.0865. The Labute approximate surface area is 118 Å². The first-order valence-corrected chi connectivity index (χ1v) is 7.24. The molecule has 3 unspecified atom stereocenters. The average Bonchev–Trinajstić information content (AvgIpc) is 3.15. The molecule has 3 atom stereocenters. The van der Waals surface area contributed by atoms with Gasteiger partial charge in [-0.15, -0.1) is 0 Å². The smallest absolute Gasteiger partial charge is 0.233 e. The normalized spacial score (nSPS) is 31.8. The SMILES string of the molecule is CCN1CCOC(c2noc(C3COCC3NC)n2)C1. The van der Waals surface area contributed by atoms with Crippen molar-refractivity contribution in [3.8, 4) is 0 Å². The zero-order chi connectivity index (χ0) is 13.9. The number of ether oxygens (including phenoxy) is 2. The molecule has 2 fully saturated rings. The highest BCUT2D eigenvalue weighted by molar-refractivity contribution is 5.04. The molecule has 0 aromatic carbocycles. The van der Waals surface area contributed by atoms with Crippen LogP contribution in [0.5, 0.6) is 0 Å². The fraction of sp³-hybridized carbons (Fsp3) is 0.846. The summed E-state index contributed by atoms with van der Waals surface area (Å²) in [6, 6.07) is 0.239. The van der Waals surface area contributed by atoms with Crippen molar-refractivity contribution in [3.05, 3.63) is 11.7 Å². The Kier molecular flexibility index (Phi) is 4.30. The number of morpholine rings is 1. The van der Waals surface area contributed by atoms with Gasteiger partial charge in [0.15, 0.2) is 0 Å². The van der Waals surface area contributed by atoms with E-state index in [9.17, 15) is 0 Å². The van der Waals surface area contributed by atoms with E-state index >= 15 is 0 Å². The number of hydrogen-bond donors (Lipinski definition) is 1. The van der Waals surface area contributed by atoms with Crippen LogP contribution in [0.1, 0.15) is 30.7 Å². The molecule has 0 bridgehead atoms. The van der Waals surface area contributed by atoms with Gasteiger partial charge in [-0.05, 0) is 13.6 Å². The van der Waals surface area contributed by atoms with Crippen LogP contribution < -0.4 is 5.32 Å². The number of rotatable bonds is 4. The molecule has 3 rings (SSSR count). The van der Waals surface area contributed by atoms with Gasteiger partial charge in [0.25, 0.3) is 0 Å². The Morgan fingerprint density at radius 1 is 1.40 bits per heavy atom. The van der Waals surface area contributed by atoms with Gasteiger partial charge in [0, 0.05) is 19.1 Å². The predicted octanol–water partition coefficient (Wildman–Crippen LogP) is 0.165. The van der Waals surface area contributed by atoms with Crippen LogP contribution in [0.25, 0.3) is 0 Å². The molecule has 112 valence electrons. The van der Waals surface area contributed by atoms with Crippen LogP contribution in [0.4, 0.5) is 0 Å². The molecule has 0 spiro atoms. The highest BCUT2D eigenvalue weighted by atomic mass is 16.5. The lowest BCUT2D eigenvalue weighted by atomic mass is 10.0. The van der Waals surface area contributed by atoms with E-state index in [4.69, 9.17) is 14.0 Å². The second-order valence-corrected chi connectivity index (χ2v) is 5.28. The third kappa shape index (κ3) is 2.71. The molecule has 2 saturated heterocycles. The van der Waals surface area contributed by atoms with E-state index in [0.29, 0.717) is 31.5 Å². The standard InChI is InChI=1S/C13H22N4O3/c1-3-17-4-5-19-11(6-17)12-15-13(20-16-12)9-7-18-8-10(9)14-2/h9-11,14H,3-8H2,1-2H3. The van der Waals surface area contributed by atoms with Gasteiger partial charge in [-0.1, -0.05) is 12.1 Å². The van der Waals surface area contributed by atoms with Gasteiger partial charge in [-0.3, -0.25) is 4.90 Å². The van der Waals surface area contributed by atoms with Crippen molar-refractivity contribution in [2.75, 3.05) is 46.5 Å². The zero-order valence-corrected chi connectivity index (χ0v) is 12.0. The Morgan fingerprint density at radius 2 is 2.30 bits per heavy atom. The lowest BCUT2D eigenvalue weighted by molar-refractivity contribution is -0.0334. The Morgan fingerprint density at radius 3 is 3.10 bits per heavy atom. The minimum absolute atomic E-state index is 0.0865. The van der Waals surface area contributed by atoms with Crippen molar-refractivity contribution >= 4 is 0 Å². The fourth-order valence-electron chi connectivity index (χ4n) is 2.76. The molecule has 1 aromatic rings. The maximum Gasteiger partial charge on any atom is 0.233 e. The molecule has 2 aliphatic rings. The molecule has 3 heterocycles. The molecule has 1 N–H and O–H groups in total. The monoisotopic (exact) mass is 282 g/mol. The second-order valence-electron chi connectivity index (χ2n) is 5.28. The quantitative estimate of drug-likeness (QED) is 0.843. The summed E-state index contributed by atoms with van der Waals surface area (Å²) < 4.78 is 16.6. The summed E-state index contributed by atoms with van der Waals surface area (Å²) in [4.78, 5) is 6.87. The van der Waals surface area contributed by atoms with Crippen molar-refractivity contribution in [2.45, 2.75) is 25.0 Å². The van der Waals surface area contributed by atoms with E-state index in [2.05, 4.69) is 27.3 Å². The summed E-state index contributed by atoms with van der Waals surface area (Å²) in [5, 5.41) is 7.33. The van der Waals surface area contributed by atoms with Crippen LogP contribution in [0.3, 0.4) is 0 Å². The minimum atomic E-state index is -0.0865. The first kappa shape index (κ1) is 13.9. The summed E-state index contributed by atoms with van der Waals surface area (Å²) in [7, 11) is 1.92. The Balaban J connectivity index is 1.70. The van der Waals surface area contributed by atoms with Crippen LogP contribution in [0.15, 0.2) is 4.52 Å². The van der Waals surface area contributed by atoms with Crippen molar-refractivity contribution in [1.29, 1.82) is 0 Å². The summed E-state index contributed by atoms with van der Waals surface area (Å²) >= 11 is 0. The van der Waals surface area contributed by atoms with Gasteiger partial charge in [0.2, 0.25) is 11.7 Å². The largest absolute Gasteiger partial charge is 0.379 e. The van der Waals surface area contributed by atoms with E-state index < -0.39 is 0 Å². The molecule has 1 aromatic heterocycles. The van der Waals surface area contributed by atoms with E-state index in [1.807, 2.05) is 7.05 Å². The van der Waals surface area contributed by atoms with Crippen molar-refractivity contribution in [3.63, 3.8) is 0 Å². The second kappa shape index (κ2) is 6.17. The van der Waals surface area contributed by atoms with Crippen LogP contribution >= 0.6 is 0 Å². The number of aromatic nitrogens is 2. The van der Waals surface area contributed by atoms with Gasteiger partial charge < -0.3 is 19.3 Å². The molecule has 7 heteroatoms. The topological polar surface area (TPSA) is 72.7 Å². The highest BCUT2D eigenvalue weighted by Gasteiger charge is 2.34. The Hall–Kier alpha value is -1.02. The summed E-state index contributed by atoms with van der Waals surface area (Å²) in [6.45, 7) is 6.98. The first-order valence-electron chi connectivity index (χ1n) is 7.24. The van der Waals surface area contributed by atoms with Crippen LogP contribution in [-0.4, -0.2) is 67.6 Å². The molecular formula is C13H22N4O3. The summed E-state index contributed by atoms with van der Waals surface area (Å²) in [5.41, 5.74) is 0. The van der Waals surface area contributed by atoms with Crippen molar-refractivity contribution in [1.82, 2.24) is 20.4 Å². The van der Waals surface area contributed by atoms with Crippen LogP contribution in [0.2, 0.25) is 0 Å². The zero-order valence-electron chi connectivity index (χ0n) is 12.0. The van der Waals surface area contributed by atoms with Gasteiger partial charge in [0.1, 0.15) is 6.10 Å². The third-order valence-electron chi connectivity index (χ3n) is 4.11. The highest BCUT2D eigenvalue weighted by Crippen LogP contribution is 2.26. The van der Waals surface area contributed by atoms with Gasteiger partial charge in [-0.25, -0.2) is 0 Å². The number of nitrogens with one attached hydrogen (secondary N) is 1. The van der Waals surface area contributed by atoms with Crippen LogP contribution in [0, 0.1) is 0 Å². The fourth-order valence-corrected chi connectivity index (χ4v) is 2.76. The number of hydrogen-bond acceptors (Lipinski definition) is 7. The molecule has 0 saturated carbocycles. The maximum absolute atomic E-state index is 5.75. The summed E-state index contributed by atoms with van der Waals surface area (Å²) in [5.74, 6) is 1.43. The lowest BCUT2D eigenvalue weighted by Gasteiger charge is -2.30. The minimum Gasteiger partial charge on any atom is -0.379 e. The van der Waals surface area contributed by atoms with Gasteiger partial charge in [-0.2, -0.15) is 4.98 Å². The molecule has 2 aliphatic heterocycles. The van der Waals surface area contributed by atoms with E-state index in [-0.39, 0.29) is 18.1 Å². The average molecular weight is 282 g/mol. The van der Waals surface area contributed by atoms with Gasteiger partial charge in [0.05, 0.1) is 25.7 Å². The van der Waals surface area contributed by atoms with E-state index in [1.165, 1.54) is 0 Å². The molecule has 0 aliphatic carbocycles. The predicted molar refractivity (Wildman–Crippen MR) is 71.5 cm³/mol. The maximum atomic E-state index is 5.75. The Bertz CT molecular complexity index is 439. The molecule has 0 amide bonds. The van der Waals surface area contributed by atoms with Gasteiger partial charge >= 0.3 is 0 Å². The molecular weight excluding hydrogens is 260 g/mol. The van der Waals surface area contributed by atoms with E-state index in [1.54, 1.807) is 0 Å². The number of likely N-dealkylation sites (N-methyl/N-ethyl adjacent to an activating group) is 2. The van der Waals surface area contributed by atoms with Crippen molar-refractivity contribution < 1.29 is 14.0 Å². The third-order valence-corrected chi connectivity index (χ3v) is 4.11. The van der Waals surface area contributed by atoms with Crippen LogP contribution in [-0.2, 0) is 9.47 Å².